The number of H-pyrrole nitrogens is 1. The van der Waals surface area contributed by atoms with Crippen molar-refractivity contribution in [1.29, 1.82) is 0 Å². The van der Waals surface area contributed by atoms with Gasteiger partial charge in [0.1, 0.15) is 5.82 Å². The summed E-state index contributed by atoms with van der Waals surface area (Å²) in [5.41, 5.74) is 2.48. The lowest BCUT2D eigenvalue weighted by molar-refractivity contribution is -0.384. The molecule has 0 aliphatic carbocycles. The Morgan fingerprint density at radius 2 is 2.21 bits per heavy atom. The van der Waals surface area contributed by atoms with E-state index >= 15 is 0 Å². The molecule has 6 nitrogen and oxygen atoms in total. The van der Waals surface area contributed by atoms with Crippen molar-refractivity contribution in [1.82, 2.24) is 15.3 Å². The average molecular weight is 283 g/mol. The van der Waals surface area contributed by atoms with E-state index in [9.17, 15) is 10.1 Å². The Morgan fingerprint density at radius 1 is 1.47 bits per heavy atom. The zero-order valence-electron chi connectivity index (χ0n) is 10.6. The summed E-state index contributed by atoms with van der Waals surface area (Å²) in [5.74, 6) is 0.816. The highest BCUT2D eigenvalue weighted by molar-refractivity contribution is 5.85. The van der Waals surface area contributed by atoms with Gasteiger partial charge in [-0.05, 0) is 14.0 Å². The zero-order chi connectivity index (χ0) is 13.1. The maximum absolute atomic E-state index is 10.7. The fourth-order valence-electron chi connectivity index (χ4n) is 1.82. The van der Waals surface area contributed by atoms with E-state index in [1.807, 2.05) is 20.0 Å². The number of nitrogens with one attached hydrogen (secondary N) is 2. The van der Waals surface area contributed by atoms with E-state index in [1.165, 1.54) is 12.1 Å². The van der Waals surface area contributed by atoms with Gasteiger partial charge in [0.15, 0.2) is 0 Å². The molecule has 0 atom stereocenters. The molecule has 0 spiro atoms. The van der Waals surface area contributed by atoms with Gasteiger partial charge < -0.3 is 10.3 Å². The number of aryl methyl sites for hydroxylation is 1. The third kappa shape index (κ3) is 3.30. The Hall–Kier alpha value is -1.92. The van der Waals surface area contributed by atoms with Crippen molar-refractivity contribution >= 4 is 18.1 Å². The maximum Gasteiger partial charge on any atom is 0.270 e. The molecule has 0 amide bonds. The van der Waals surface area contributed by atoms with Crippen LogP contribution in [0.25, 0.3) is 11.3 Å². The second-order valence-electron chi connectivity index (χ2n) is 3.99. The molecule has 7 heteroatoms. The number of nitrogens with zero attached hydrogens (tertiary/aromatic N) is 2. The number of nitro benzene ring substituents is 1. The van der Waals surface area contributed by atoms with Crippen LogP contribution in [-0.2, 0) is 6.54 Å². The molecule has 0 bridgehead atoms. The SMILES string of the molecule is CNCc1nc(-c2cccc([N+](=O)[O-])c2)c(C)[nH]1.Cl. The van der Waals surface area contributed by atoms with E-state index in [4.69, 9.17) is 0 Å². The smallest absolute Gasteiger partial charge is 0.270 e. The van der Waals surface area contributed by atoms with Gasteiger partial charge in [0.25, 0.3) is 5.69 Å². The Labute approximate surface area is 116 Å². The quantitative estimate of drug-likeness (QED) is 0.666. The van der Waals surface area contributed by atoms with Gasteiger partial charge >= 0.3 is 0 Å². The van der Waals surface area contributed by atoms with Crippen LogP contribution in [0.3, 0.4) is 0 Å². The Kier molecular flexibility index (Phi) is 5.02. The predicted octanol–water partition coefficient (Wildman–Crippen LogP) is 2.43. The summed E-state index contributed by atoms with van der Waals surface area (Å²) in [6.07, 6.45) is 0. The molecule has 19 heavy (non-hydrogen) atoms. The fourth-order valence-corrected chi connectivity index (χ4v) is 1.82. The summed E-state index contributed by atoms with van der Waals surface area (Å²) in [7, 11) is 1.84. The van der Waals surface area contributed by atoms with Crippen LogP contribution in [0.4, 0.5) is 5.69 Å². The number of non-ortho nitro benzene ring substituents is 1. The number of benzene rings is 1. The summed E-state index contributed by atoms with van der Waals surface area (Å²) in [6, 6.07) is 6.49. The highest BCUT2D eigenvalue weighted by Gasteiger charge is 2.12. The normalized spacial score (nSPS) is 10.0. The van der Waals surface area contributed by atoms with Crippen molar-refractivity contribution in [3.8, 4) is 11.3 Å². The zero-order valence-corrected chi connectivity index (χ0v) is 11.5. The van der Waals surface area contributed by atoms with Crippen molar-refractivity contribution in [3.63, 3.8) is 0 Å². The average Bonchev–Trinajstić information content (AvgIpc) is 2.71. The number of rotatable bonds is 4. The topological polar surface area (TPSA) is 83.8 Å². The standard InChI is InChI=1S/C12H14N4O2.ClH/c1-8-12(15-11(14-8)7-13-2)9-4-3-5-10(6-9)16(17)18;/h3-6,13H,7H2,1-2H3,(H,14,15);1H. The first kappa shape index (κ1) is 15.1. The highest BCUT2D eigenvalue weighted by atomic mass is 35.5. The summed E-state index contributed by atoms with van der Waals surface area (Å²) >= 11 is 0. The van der Waals surface area contributed by atoms with Crippen molar-refractivity contribution in [2.45, 2.75) is 13.5 Å². The van der Waals surface area contributed by atoms with Crippen LogP contribution in [0.1, 0.15) is 11.5 Å². The molecule has 1 heterocycles. The van der Waals surface area contributed by atoms with Crippen molar-refractivity contribution in [2.24, 2.45) is 0 Å². The molecule has 2 rings (SSSR count). The number of aromatic amines is 1. The van der Waals surface area contributed by atoms with Crippen LogP contribution < -0.4 is 5.32 Å². The minimum absolute atomic E-state index is 0. The summed E-state index contributed by atoms with van der Waals surface area (Å²) in [4.78, 5) is 17.9. The van der Waals surface area contributed by atoms with Crippen LogP contribution in [0.2, 0.25) is 0 Å². The highest BCUT2D eigenvalue weighted by Crippen LogP contribution is 2.24. The number of nitro groups is 1. The first-order chi connectivity index (χ1) is 8.61. The second-order valence-corrected chi connectivity index (χ2v) is 3.99. The molecule has 0 saturated heterocycles. The first-order valence-corrected chi connectivity index (χ1v) is 5.56. The van der Waals surface area contributed by atoms with Crippen LogP contribution in [0.5, 0.6) is 0 Å². The van der Waals surface area contributed by atoms with Gasteiger partial charge in [-0.2, -0.15) is 0 Å². The van der Waals surface area contributed by atoms with Crippen LogP contribution in [0, 0.1) is 17.0 Å². The van der Waals surface area contributed by atoms with E-state index in [0.29, 0.717) is 6.54 Å². The van der Waals surface area contributed by atoms with Crippen LogP contribution in [0.15, 0.2) is 24.3 Å². The molecule has 0 fully saturated rings. The Balaban J connectivity index is 0.00000180. The van der Waals surface area contributed by atoms with E-state index in [0.717, 1.165) is 22.8 Å². The molecular weight excluding hydrogens is 268 g/mol. The molecule has 1 aromatic carbocycles. The summed E-state index contributed by atoms with van der Waals surface area (Å²) < 4.78 is 0. The molecule has 0 aliphatic rings. The molecule has 102 valence electrons. The van der Waals surface area contributed by atoms with Crippen molar-refractivity contribution in [3.05, 3.63) is 45.9 Å². The number of hydrogen-bond donors (Lipinski definition) is 2. The van der Waals surface area contributed by atoms with E-state index in [1.54, 1.807) is 6.07 Å². The molecule has 0 aliphatic heterocycles. The second kappa shape index (κ2) is 6.31. The summed E-state index contributed by atoms with van der Waals surface area (Å²) in [5, 5.41) is 13.7. The molecule has 2 aromatic rings. The third-order valence-electron chi connectivity index (χ3n) is 2.61. The molecular formula is C12H15ClN4O2. The Morgan fingerprint density at radius 3 is 2.84 bits per heavy atom. The minimum Gasteiger partial charge on any atom is -0.344 e. The van der Waals surface area contributed by atoms with Gasteiger partial charge in [0.05, 0.1) is 17.2 Å². The van der Waals surface area contributed by atoms with Gasteiger partial charge in [-0.1, -0.05) is 12.1 Å². The lowest BCUT2D eigenvalue weighted by Gasteiger charge is -1.98. The number of imidazole rings is 1. The first-order valence-electron chi connectivity index (χ1n) is 5.56. The van der Waals surface area contributed by atoms with Gasteiger partial charge in [-0.25, -0.2) is 4.98 Å². The largest absolute Gasteiger partial charge is 0.344 e. The maximum atomic E-state index is 10.7. The number of hydrogen-bond acceptors (Lipinski definition) is 4. The minimum atomic E-state index is -0.403. The van der Waals surface area contributed by atoms with Crippen molar-refractivity contribution in [2.75, 3.05) is 7.05 Å². The molecule has 0 saturated carbocycles. The fraction of sp³-hybridized carbons (Fsp3) is 0.250. The molecule has 2 N–H and O–H groups in total. The number of halogens is 1. The molecule has 0 unspecified atom stereocenters. The lowest BCUT2D eigenvalue weighted by Crippen LogP contribution is -2.06. The van der Waals surface area contributed by atoms with Gasteiger partial charge in [-0.3, -0.25) is 10.1 Å². The number of aromatic nitrogens is 2. The van der Waals surface area contributed by atoms with E-state index in [2.05, 4.69) is 15.3 Å². The molecule has 1 aromatic heterocycles. The monoisotopic (exact) mass is 282 g/mol. The van der Waals surface area contributed by atoms with Gasteiger partial charge in [-0.15, -0.1) is 12.4 Å². The van der Waals surface area contributed by atoms with Crippen LogP contribution in [-0.4, -0.2) is 21.9 Å². The Bertz CT molecular complexity index is 583. The lowest BCUT2D eigenvalue weighted by atomic mass is 10.1. The van der Waals surface area contributed by atoms with Crippen LogP contribution >= 0.6 is 12.4 Å². The van der Waals surface area contributed by atoms with Gasteiger partial charge in [0.2, 0.25) is 0 Å². The van der Waals surface area contributed by atoms with E-state index in [-0.39, 0.29) is 18.1 Å². The van der Waals surface area contributed by atoms with Gasteiger partial charge in [0, 0.05) is 23.4 Å². The summed E-state index contributed by atoms with van der Waals surface area (Å²) in [6.45, 7) is 2.54. The van der Waals surface area contributed by atoms with Crippen molar-refractivity contribution < 1.29 is 4.92 Å². The molecule has 0 radical (unpaired) electrons. The van der Waals surface area contributed by atoms with E-state index < -0.39 is 4.92 Å². The predicted molar refractivity (Wildman–Crippen MR) is 75.4 cm³/mol. The third-order valence-corrected chi connectivity index (χ3v) is 2.61.